The first-order valence-corrected chi connectivity index (χ1v) is 4.32. The fourth-order valence-electron chi connectivity index (χ4n) is 1.39. The highest BCUT2D eigenvalue weighted by atomic mass is 15.6. The molecule has 1 heterocycles. The predicted molar refractivity (Wildman–Crippen MR) is 43.3 cm³/mol. The van der Waals surface area contributed by atoms with E-state index in [-0.39, 0.29) is 6.04 Å². The van der Waals surface area contributed by atoms with Crippen molar-refractivity contribution in [2.24, 2.45) is 5.73 Å². The molecule has 1 aliphatic carbocycles. The minimum atomic E-state index is -0.0689. The van der Waals surface area contributed by atoms with Crippen molar-refractivity contribution in [2.75, 3.05) is 0 Å². The van der Waals surface area contributed by atoms with Crippen LogP contribution in [0, 0.1) is 0 Å². The van der Waals surface area contributed by atoms with E-state index < -0.39 is 0 Å². The molecule has 0 amide bonds. The summed E-state index contributed by atoms with van der Waals surface area (Å²) in [7, 11) is 0. The van der Waals surface area contributed by atoms with Crippen molar-refractivity contribution >= 4 is 0 Å². The van der Waals surface area contributed by atoms with E-state index in [4.69, 9.17) is 5.73 Å². The summed E-state index contributed by atoms with van der Waals surface area (Å²) in [5.74, 6) is 0.805. The van der Waals surface area contributed by atoms with E-state index in [0.717, 1.165) is 5.82 Å². The van der Waals surface area contributed by atoms with Gasteiger partial charge in [0.25, 0.3) is 0 Å². The molecule has 12 heavy (non-hydrogen) atoms. The van der Waals surface area contributed by atoms with Crippen LogP contribution in [-0.4, -0.2) is 20.2 Å². The SMILES string of the molecule is CC(N)c1nnnn1C1CCC1. The molecule has 5 heteroatoms. The standard InChI is InChI=1S/C7H13N5/c1-5(8)7-9-10-11-12(7)6-3-2-4-6/h5-6H,2-4,8H2,1H3. The van der Waals surface area contributed by atoms with Crippen molar-refractivity contribution < 1.29 is 0 Å². The molecule has 0 saturated heterocycles. The molecule has 0 aliphatic heterocycles. The Balaban J connectivity index is 2.23. The van der Waals surface area contributed by atoms with E-state index in [9.17, 15) is 0 Å². The van der Waals surface area contributed by atoms with Crippen molar-refractivity contribution in [3.05, 3.63) is 5.82 Å². The molecular weight excluding hydrogens is 154 g/mol. The van der Waals surface area contributed by atoms with E-state index in [1.807, 2.05) is 11.6 Å². The average molecular weight is 167 g/mol. The summed E-state index contributed by atoms with van der Waals surface area (Å²) in [4.78, 5) is 0. The van der Waals surface area contributed by atoms with Crippen LogP contribution in [-0.2, 0) is 0 Å². The largest absolute Gasteiger partial charge is 0.322 e. The van der Waals surface area contributed by atoms with Gasteiger partial charge in [-0.3, -0.25) is 0 Å². The molecule has 0 bridgehead atoms. The fraction of sp³-hybridized carbons (Fsp3) is 0.857. The molecule has 0 radical (unpaired) electrons. The number of hydrogen-bond donors (Lipinski definition) is 1. The van der Waals surface area contributed by atoms with Gasteiger partial charge in [0.05, 0.1) is 12.1 Å². The monoisotopic (exact) mass is 167 g/mol. The van der Waals surface area contributed by atoms with Gasteiger partial charge in [-0.25, -0.2) is 4.68 Å². The maximum absolute atomic E-state index is 5.71. The zero-order chi connectivity index (χ0) is 8.55. The Labute approximate surface area is 70.9 Å². The molecule has 1 aromatic heterocycles. The number of aromatic nitrogens is 4. The van der Waals surface area contributed by atoms with Gasteiger partial charge in [-0.15, -0.1) is 5.10 Å². The van der Waals surface area contributed by atoms with Crippen LogP contribution >= 0.6 is 0 Å². The first-order valence-electron chi connectivity index (χ1n) is 4.32. The van der Waals surface area contributed by atoms with Gasteiger partial charge < -0.3 is 5.73 Å². The molecule has 0 spiro atoms. The zero-order valence-corrected chi connectivity index (χ0v) is 7.14. The van der Waals surface area contributed by atoms with Gasteiger partial charge in [-0.1, -0.05) is 0 Å². The highest BCUT2D eigenvalue weighted by Gasteiger charge is 2.24. The lowest BCUT2D eigenvalue weighted by Gasteiger charge is -2.26. The molecule has 2 rings (SSSR count). The average Bonchev–Trinajstić information content (AvgIpc) is 2.31. The fourth-order valence-corrected chi connectivity index (χ4v) is 1.39. The first-order chi connectivity index (χ1) is 5.79. The third-order valence-corrected chi connectivity index (χ3v) is 2.35. The minimum absolute atomic E-state index is 0.0689. The number of nitrogens with zero attached hydrogens (tertiary/aromatic N) is 4. The highest BCUT2D eigenvalue weighted by molar-refractivity contribution is 4.92. The molecule has 66 valence electrons. The van der Waals surface area contributed by atoms with Crippen LogP contribution in [0.2, 0.25) is 0 Å². The molecule has 5 nitrogen and oxygen atoms in total. The molecule has 1 fully saturated rings. The van der Waals surface area contributed by atoms with Crippen molar-refractivity contribution in [3.8, 4) is 0 Å². The summed E-state index contributed by atoms with van der Waals surface area (Å²) in [5.41, 5.74) is 5.71. The maximum atomic E-state index is 5.71. The van der Waals surface area contributed by atoms with Gasteiger partial charge in [-0.05, 0) is 36.6 Å². The number of nitrogens with two attached hydrogens (primary N) is 1. The van der Waals surface area contributed by atoms with E-state index in [1.54, 1.807) is 0 Å². The lowest BCUT2D eigenvalue weighted by molar-refractivity contribution is 0.274. The van der Waals surface area contributed by atoms with E-state index in [1.165, 1.54) is 19.3 Å². The summed E-state index contributed by atoms with van der Waals surface area (Å²) in [6.45, 7) is 1.90. The Hall–Kier alpha value is -0.970. The molecule has 1 aliphatic rings. The topological polar surface area (TPSA) is 69.6 Å². The summed E-state index contributed by atoms with van der Waals surface area (Å²) in [6, 6.07) is 0.432. The van der Waals surface area contributed by atoms with Crippen molar-refractivity contribution in [2.45, 2.75) is 38.3 Å². The third-order valence-electron chi connectivity index (χ3n) is 2.35. The van der Waals surface area contributed by atoms with Crippen LogP contribution in [0.25, 0.3) is 0 Å². The number of rotatable bonds is 2. The van der Waals surface area contributed by atoms with Crippen LogP contribution in [0.3, 0.4) is 0 Å². The van der Waals surface area contributed by atoms with Gasteiger partial charge >= 0.3 is 0 Å². The zero-order valence-electron chi connectivity index (χ0n) is 7.14. The van der Waals surface area contributed by atoms with Gasteiger partial charge in [0.15, 0.2) is 5.82 Å². The van der Waals surface area contributed by atoms with E-state index >= 15 is 0 Å². The number of hydrogen-bond acceptors (Lipinski definition) is 4. The smallest absolute Gasteiger partial charge is 0.167 e. The van der Waals surface area contributed by atoms with Gasteiger partial charge in [0, 0.05) is 0 Å². The lowest BCUT2D eigenvalue weighted by atomic mass is 9.93. The Morgan fingerprint density at radius 2 is 2.33 bits per heavy atom. The predicted octanol–water partition coefficient (Wildman–Crippen LogP) is 0.418. The summed E-state index contributed by atoms with van der Waals surface area (Å²) < 4.78 is 1.87. The van der Waals surface area contributed by atoms with Gasteiger partial charge in [0.2, 0.25) is 0 Å². The lowest BCUT2D eigenvalue weighted by Crippen LogP contribution is -2.23. The van der Waals surface area contributed by atoms with Crippen molar-refractivity contribution in [1.29, 1.82) is 0 Å². The Morgan fingerprint density at radius 3 is 2.83 bits per heavy atom. The van der Waals surface area contributed by atoms with Crippen LogP contribution in [0.5, 0.6) is 0 Å². The Kier molecular flexibility index (Phi) is 1.80. The molecule has 1 aromatic rings. The molecule has 1 unspecified atom stereocenters. The van der Waals surface area contributed by atoms with E-state index in [0.29, 0.717) is 6.04 Å². The summed E-state index contributed by atoms with van der Waals surface area (Å²) >= 11 is 0. The third kappa shape index (κ3) is 1.10. The summed E-state index contributed by atoms with van der Waals surface area (Å²) in [5, 5.41) is 11.5. The van der Waals surface area contributed by atoms with Crippen LogP contribution in [0.1, 0.15) is 44.1 Å². The van der Waals surface area contributed by atoms with Gasteiger partial charge in [0.1, 0.15) is 0 Å². The van der Waals surface area contributed by atoms with Gasteiger partial charge in [-0.2, -0.15) is 0 Å². The highest BCUT2D eigenvalue weighted by Crippen LogP contribution is 2.31. The molecular formula is C7H13N5. The Bertz CT molecular complexity index is 263. The van der Waals surface area contributed by atoms with Crippen LogP contribution < -0.4 is 5.73 Å². The molecule has 0 aromatic carbocycles. The Morgan fingerprint density at radius 1 is 1.58 bits per heavy atom. The number of tetrazole rings is 1. The normalized spacial score (nSPS) is 20.5. The first kappa shape index (κ1) is 7.67. The molecule has 1 atom stereocenters. The van der Waals surface area contributed by atoms with Crippen LogP contribution in [0.15, 0.2) is 0 Å². The second-order valence-electron chi connectivity index (χ2n) is 3.36. The second kappa shape index (κ2) is 2.82. The summed E-state index contributed by atoms with van der Waals surface area (Å²) in [6.07, 6.45) is 3.65. The minimum Gasteiger partial charge on any atom is -0.322 e. The van der Waals surface area contributed by atoms with E-state index in [2.05, 4.69) is 15.5 Å². The second-order valence-corrected chi connectivity index (χ2v) is 3.36. The molecule has 1 saturated carbocycles. The quantitative estimate of drug-likeness (QED) is 0.693. The molecule has 2 N–H and O–H groups in total. The maximum Gasteiger partial charge on any atom is 0.167 e. The van der Waals surface area contributed by atoms with Crippen LogP contribution in [0.4, 0.5) is 0 Å². The van der Waals surface area contributed by atoms with Crippen molar-refractivity contribution in [1.82, 2.24) is 20.2 Å². The van der Waals surface area contributed by atoms with Crippen molar-refractivity contribution in [3.63, 3.8) is 0 Å².